The molecule has 3 rings (SSSR count). The highest BCUT2D eigenvalue weighted by Gasteiger charge is 2.13. The maximum atomic E-state index is 12.5. The monoisotopic (exact) mass is 388 g/mol. The Morgan fingerprint density at radius 3 is 2.68 bits per heavy atom. The number of amides is 1. The highest BCUT2D eigenvalue weighted by atomic mass is 19.3. The molecule has 0 aliphatic rings. The van der Waals surface area contributed by atoms with Gasteiger partial charge in [0.15, 0.2) is 11.5 Å². The fourth-order valence-electron chi connectivity index (χ4n) is 2.87. The molecule has 0 bridgehead atoms. The molecule has 8 heteroatoms. The Morgan fingerprint density at radius 1 is 1.14 bits per heavy atom. The van der Waals surface area contributed by atoms with E-state index in [2.05, 4.69) is 15.0 Å². The molecule has 6 nitrogen and oxygen atoms in total. The fraction of sp³-hybridized carbons (Fsp3) is 0.200. The van der Waals surface area contributed by atoms with Gasteiger partial charge in [-0.15, -0.1) is 0 Å². The average Bonchev–Trinajstić information content (AvgIpc) is 2.67. The Morgan fingerprint density at radius 2 is 1.93 bits per heavy atom. The van der Waals surface area contributed by atoms with Crippen molar-refractivity contribution in [1.29, 1.82) is 0 Å². The molecule has 0 spiro atoms. The van der Waals surface area contributed by atoms with Crippen LogP contribution < -0.4 is 20.3 Å². The number of carbonyl (C=O) groups excluding carboxylic acids is 1. The van der Waals surface area contributed by atoms with Crippen molar-refractivity contribution < 1.29 is 23.0 Å². The number of ether oxygens (including phenoxy) is 2. The van der Waals surface area contributed by atoms with Crippen LogP contribution in [0.3, 0.4) is 0 Å². The Kier molecular flexibility index (Phi) is 5.88. The van der Waals surface area contributed by atoms with Gasteiger partial charge in [-0.25, -0.2) is 0 Å². The Hall–Kier alpha value is -3.42. The van der Waals surface area contributed by atoms with Crippen molar-refractivity contribution in [3.63, 3.8) is 0 Å². The number of alkyl halides is 2. The molecule has 3 aromatic rings. The summed E-state index contributed by atoms with van der Waals surface area (Å²) in [6.07, 6.45) is 0.385. The zero-order valence-electron chi connectivity index (χ0n) is 15.0. The first-order valence-electron chi connectivity index (χ1n) is 8.50. The molecule has 0 unspecified atom stereocenters. The van der Waals surface area contributed by atoms with Crippen LogP contribution in [0.4, 0.5) is 8.78 Å². The highest BCUT2D eigenvalue weighted by Crippen LogP contribution is 2.29. The van der Waals surface area contributed by atoms with E-state index >= 15 is 0 Å². The molecule has 0 aliphatic heterocycles. The summed E-state index contributed by atoms with van der Waals surface area (Å²) in [7, 11) is 1.36. The van der Waals surface area contributed by atoms with Gasteiger partial charge in [-0.3, -0.25) is 9.59 Å². The fourth-order valence-corrected chi connectivity index (χ4v) is 2.87. The van der Waals surface area contributed by atoms with Crippen LogP contribution in [-0.4, -0.2) is 31.2 Å². The number of aromatic nitrogens is 1. The molecule has 0 fully saturated rings. The summed E-state index contributed by atoms with van der Waals surface area (Å²) in [5.41, 5.74) is 1.17. The van der Waals surface area contributed by atoms with E-state index in [0.29, 0.717) is 22.9 Å². The molecule has 0 atom stereocenters. The number of para-hydroxylation sites is 1. The minimum atomic E-state index is -2.96. The second-order valence-corrected chi connectivity index (χ2v) is 5.96. The predicted molar refractivity (Wildman–Crippen MR) is 100 cm³/mol. The number of pyridine rings is 1. The molecule has 0 radical (unpaired) electrons. The maximum absolute atomic E-state index is 12.5. The smallest absolute Gasteiger partial charge is 0.387 e. The number of halogens is 2. The highest BCUT2D eigenvalue weighted by molar-refractivity contribution is 6.05. The minimum absolute atomic E-state index is 0.0677. The van der Waals surface area contributed by atoms with Gasteiger partial charge < -0.3 is 19.8 Å². The SMILES string of the molecule is COc1ccc(CCNC(=O)c2cc(=O)[nH]c3ccccc23)cc1OC(F)F. The van der Waals surface area contributed by atoms with Crippen molar-refractivity contribution in [3.05, 3.63) is 70.0 Å². The second-order valence-electron chi connectivity index (χ2n) is 5.96. The number of aromatic amines is 1. The first kappa shape index (κ1) is 19.3. The quantitative estimate of drug-likeness (QED) is 0.652. The van der Waals surface area contributed by atoms with Crippen LogP contribution in [0.25, 0.3) is 10.9 Å². The van der Waals surface area contributed by atoms with Crippen molar-refractivity contribution in [2.45, 2.75) is 13.0 Å². The molecule has 146 valence electrons. The predicted octanol–water partition coefficient (Wildman–Crippen LogP) is 3.11. The van der Waals surface area contributed by atoms with Crippen LogP contribution >= 0.6 is 0 Å². The van der Waals surface area contributed by atoms with Gasteiger partial charge in [0.05, 0.1) is 12.7 Å². The van der Waals surface area contributed by atoms with Gasteiger partial charge in [-0.2, -0.15) is 8.78 Å². The lowest BCUT2D eigenvalue weighted by Crippen LogP contribution is -2.27. The summed E-state index contributed by atoms with van der Waals surface area (Å²) in [5, 5.41) is 3.38. The van der Waals surface area contributed by atoms with E-state index in [-0.39, 0.29) is 35.1 Å². The molecule has 0 saturated heterocycles. The molecular weight excluding hydrogens is 370 g/mol. The summed E-state index contributed by atoms with van der Waals surface area (Å²) in [4.78, 5) is 27.0. The second kappa shape index (κ2) is 8.51. The lowest BCUT2D eigenvalue weighted by molar-refractivity contribution is -0.0512. The summed E-state index contributed by atoms with van der Waals surface area (Å²) in [6, 6.07) is 12.9. The average molecular weight is 388 g/mol. The van der Waals surface area contributed by atoms with E-state index in [1.165, 1.54) is 25.3 Å². The van der Waals surface area contributed by atoms with Crippen molar-refractivity contribution in [2.24, 2.45) is 0 Å². The van der Waals surface area contributed by atoms with Gasteiger partial charge in [0.2, 0.25) is 5.56 Å². The van der Waals surface area contributed by atoms with Crippen LogP contribution in [0.1, 0.15) is 15.9 Å². The molecule has 2 N–H and O–H groups in total. The summed E-state index contributed by atoms with van der Waals surface area (Å²) in [6.45, 7) is -2.71. The number of hydrogen-bond donors (Lipinski definition) is 2. The van der Waals surface area contributed by atoms with E-state index in [0.717, 1.165) is 0 Å². The number of rotatable bonds is 7. The van der Waals surface area contributed by atoms with Crippen molar-refractivity contribution in [1.82, 2.24) is 10.3 Å². The van der Waals surface area contributed by atoms with Gasteiger partial charge in [0.25, 0.3) is 5.91 Å². The Bertz CT molecular complexity index is 1050. The van der Waals surface area contributed by atoms with Gasteiger partial charge >= 0.3 is 6.61 Å². The molecule has 2 aromatic carbocycles. The number of hydrogen-bond acceptors (Lipinski definition) is 4. The molecular formula is C20H18F2N2O4. The van der Waals surface area contributed by atoms with Crippen LogP contribution in [0.2, 0.25) is 0 Å². The van der Waals surface area contributed by atoms with Gasteiger partial charge in [-0.1, -0.05) is 24.3 Å². The number of methoxy groups -OCH3 is 1. The summed E-state index contributed by atoms with van der Waals surface area (Å²) >= 11 is 0. The maximum Gasteiger partial charge on any atom is 0.387 e. The zero-order valence-corrected chi connectivity index (χ0v) is 15.0. The number of nitrogens with one attached hydrogen (secondary N) is 2. The van der Waals surface area contributed by atoms with E-state index in [1.54, 1.807) is 30.3 Å². The standard InChI is InChI=1S/C20H18F2N2O4/c1-27-16-7-6-12(10-17(16)28-20(21)22)8-9-23-19(26)14-11-18(25)24-15-5-3-2-4-13(14)15/h2-7,10-11,20H,8-9H2,1H3,(H,23,26)(H,24,25). The van der Waals surface area contributed by atoms with Crippen LogP contribution in [0.15, 0.2) is 53.3 Å². The topological polar surface area (TPSA) is 80.4 Å². The Labute approximate surface area is 159 Å². The van der Waals surface area contributed by atoms with E-state index in [9.17, 15) is 18.4 Å². The lowest BCUT2D eigenvalue weighted by Gasteiger charge is -2.12. The van der Waals surface area contributed by atoms with Crippen LogP contribution in [0.5, 0.6) is 11.5 Å². The van der Waals surface area contributed by atoms with E-state index in [1.807, 2.05) is 0 Å². The van der Waals surface area contributed by atoms with Gasteiger partial charge in [0, 0.05) is 23.5 Å². The van der Waals surface area contributed by atoms with Crippen molar-refractivity contribution in [2.75, 3.05) is 13.7 Å². The largest absolute Gasteiger partial charge is 0.493 e. The lowest BCUT2D eigenvalue weighted by atomic mass is 10.1. The first-order valence-corrected chi connectivity index (χ1v) is 8.50. The number of benzene rings is 2. The zero-order chi connectivity index (χ0) is 20.1. The molecule has 1 aromatic heterocycles. The van der Waals surface area contributed by atoms with Crippen LogP contribution in [-0.2, 0) is 6.42 Å². The Balaban J connectivity index is 1.70. The number of fused-ring (bicyclic) bond motifs is 1. The molecule has 28 heavy (non-hydrogen) atoms. The number of carbonyl (C=O) groups is 1. The van der Waals surface area contributed by atoms with Crippen molar-refractivity contribution in [3.8, 4) is 11.5 Å². The van der Waals surface area contributed by atoms with Gasteiger partial charge in [-0.05, 0) is 30.2 Å². The van der Waals surface area contributed by atoms with E-state index in [4.69, 9.17) is 4.74 Å². The molecule has 0 aliphatic carbocycles. The normalized spacial score (nSPS) is 10.9. The van der Waals surface area contributed by atoms with Crippen LogP contribution in [0, 0.1) is 0 Å². The minimum Gasteiger partial charge on any atom is -0.493 e. The third kappa shape index (κ3) is 4.46. The third-order valence-electron chi connectivity index (χ3n) is 4.14. The molecule has 1 heterocycles. The van der Waals surface area contributed by atoms with Crippen molar-refractivity contribution >= 4 is 16.8 Å². The number of H-pyrrole nitrogens is 1. The first-order chi connectivity index (χ1) is 13.5. The summed E-state index contributed by atoms with van der Waals surface area (Å²) in [5.74, 6) is -0.259. The van der Waals surface area contributed by atoms with Gasteiger partial charge in [0.1, 0.15) is 0 Å². The van der Waals surface area contributed by atoms with E-state index < -0.39 is 6.61 Å². The molecule has 0 saturated carbocycles. The third-order valence-corrected chi connectivity index (χ3v) is 4.14. The molecule has 1 amide bonds. The summed E-state index contributed by atoms with van der Waals surface area (Å²) < 4.78 is 34.5.